The van der Waals surface area contributed by atoms with Gasteiger partial charge in [-0.3, -0.25) is 14.5 Å². The average molecular weight is 364 g/mol. The Morgan fingerprint density at radius 1 is 1.31 bits per heavy atom. The number of hydrogen-bond donors (Lipinski definition) is 2. The van der Waals surface area contributed by atoms with Gasteiger partial charge in [-0.05, 0) is 32.6 Å². The highest BCUT2D eigenvalue weighted by Crippen LogP contribution is 2.54. The van der Waals surface area contributed by atoms with Crippen LogP contribution < -0.4 is 10.6 Å². The molecule has 2 bridgehead atoms. The summed E-state index contributed by atoms with van der Waals surface area (Å²) in [5, 5.41) is 5.54. The monoisotopic (exact) mass is 363 g/mol. The van der Waals surface area contributed by atoms with E-state index in [0.29, 0.717) is 18.4 Å². The molecule has 1 spiro atoms. The summed E-state index contributed by atoms with van der Waals surface area (Å²) in [4.78, 5) is 25.4. The van der Waals surface area contributed by atoms with E-state index in [4.69, 9.17) is 4.74 Å². The van der Waals surface area contributed by atoms with Gasteiger partial charge >= 0.3 is 0 Å². The van der Waals surface area contributed by atoms with Crippen LogP contribution in [0.5, 0.6) is 0 Å². The van der Waals surface area contributed by atoms with Crippen LogP contribution in [0.4, 0.5) is 0 Å². The van der Waals surface area contributed by atoms with Gasteiger partial charge in [0.1, 0.15) is 0 Å². The second-order valence-corrected chi connectivity index (χ2v) is 8.17. The van der Waals surface area contributed by atoms with Crippen molar-refractivity contribution < 1.29 is 14.3 Å². The molecule has 3 rings (SSSR count). The maximum atomic E-state index is 11.9. The van der Waals surface area contributed by atoms with E-state index in [1.807, 2.05) is 0 Å². The fourth-order valence-corrected chi connectivity index (χ4v) is 4.87. The van der Waals surface area contributed by atoms with Gasteiger partial charge in [-0.2, -0.15) is 0 Å². The third kappa shape index (κ3) is 4.12. The summed E-state index contributed by atoms with van der Waals surface area (Å²) in [7, 11) is 0. The molecule has 0 saturated carbocycles. The quantitative estimate of drug-likeness (QED) is 0.641. The summed E-state index contributed by atoms with van der Waals surface area (Å²) >= 11 is 0. The Morgan fingerprint density at radius 2 is 2.12 bits per heavy atom. The van der Waals surface area contributed by atoms with Crippen molar-refractivity contribution in [2.24, 2.45) is 11.8 Å². The number of nitrogens with zero attached hydrogens (tertiary/aromatic N) is 1. The number of carbonyl (C=O) groups excluding carboxylic acids is 2. The number of allylic oxidation sites excluding steroid dienone is 1. The van der Waals surface area contributed by atoms with Gasteiger partial charge in [0, 0.05) is 44.9 Å². The van der Waals surface area contributed by atoms with E-state index in [9.17, 15) is 9.59 Å². The molecule has 146 valence electrons. The molecule has 26 heavy (non-hydrogen) atoms. The first kappa shape index (κ1) is 19.4. The molecule has 6 nitrogen and oxygen atoms in total. The molecule has 3 fully saturated rings. The van der Waals surface area contributed by atoms with E-state index >= 15 is 0 Å². The lowest BCUT2D eigenvalue weighted by molar-refractivity contribution is -0.125. The molecule has 0 aromatic carbocycles. The minimum Gasteiger partial charge on any atom is -0.370 e. The van der Waals surface area contributed by atoms with E-state index in [1.165, 1.54) is 12.5 Å². The first-order valence-electron chi connectivity index (χ1n) is 10.0. The Labute approximate surface area is 156 Å². The van der Waals surface area contributed by atoms with Gasteiger partial charge in [0.15, 0.2) is 0 Å². The van der Waals surface area contributed by atoms with Gasteiger partial charge in [0.05, 0.1) is 18.2 Å². The van der Waals surface area contributed by atoms with E-state index < -0.39 is 0 Å². The minimum absolute atomic E-state index is 0.0151. The third-order valence-electron chi connectivity index (χ3n) is 6.38. The number of rotatable bonds is 8. The minimum atomic E-state index is -0.179. The van der Waals surface area contributed by atoms with Gasteiger partial charge in [0.25, 0.3) is 0 Å². The molecule has 0 unspecified atom stereocenters. The van der Waals surface area contributed by atoms with E-state index in [2.05, 4.69) is 35.5 Å². The summed E-state index contributed by atoms with van der Waals surface area (Å²) in [5.41, 5.74) is 1.47. The summed E-state index contributed by atoms with van der Waals surface area (Å²) in [6.45, 7) is 9.71. The number of carbonyl (C=O) groups is 2. The molecule has 0 radical (unpaired) electrons. The van der Waals surface area contributed by atoms with Gasteiger partial charge < -0.3 is 15.4 Å². The largest absolute Gasteiger partial charge is 0.370 e. The van der Waals surface area contributed by atoms with Gasteiger partial charge in [-0.1, -0.05) is 18.6 Å². The second-order valence-electron chi connectivity index (χ2n) is 8.17. The van der Waals surface area contributed by atoms with Crippen molar-refractivity contribution in [1.82, 2.24) is 15.5 Å². The molecule has 3 saturated heterocycles. The van der Waals surface area contributed by atoms with Crippen molar-refractivity contribution >= 4 is 11.8 Å². The molecule has 0 aromatic rings. The molecule has 3 aliphatic rings. The van der Waals surface area contributed by atoms with Crippen molar-refractivity contribution in [3.8, 4) is 0 Å². The van der Waals surface area contributed by atoms with Crippen LogP contribution in [0.3, 0.4) is 0 Å². The number of fused-ring (bicyclic) bond motifs is 1. The number of ether oxygens (including phenoxy) is 1. The maximum absolute atomic E-state index is 11.9. The van der Waals surface area contributed by atoms with Gasteiger partial charge in [-0.25, -0.2) is 0 Å². The molecule has 2 N–H and O–H groups in total. The highest BCUT2D eigenvalue weighted by atomic mass is 16.5. The van der Waals surface area contributed by atoms with Crippen LogP contribution in [0.15, 0.2) is 11.6 Å². The molecule has 2 amide bonds. The molecule has 3 heterocycles. The van der Waals surface area contributed by atoms with Crippen LogP contribution >= 0.6 is 0 Å². The van der Waals surface area contributed by atoms with Crippen LogP contribution in [0, 0.1) is 11.8 Å². The average Bonchev–Trinajstić information content (AvgIpc) is 3.25. The molecule has 3 aliphatic heterocycles. The molecule has 0 aliphatic carbocycles. The Hall–Kier alpha value is -1.40. The molecule has 0 aromatic heterocycles. The van der Waals surface area contributed by atoms with E-state index in [-0.39, 0.29) is 30.1 Å². The zero-order valence-corrected chi connectivity index (χ0v) is 16.3. The van der Waals surface area contributed by atoms with Crippen molar-refractivity contribution in [3.63, 3.8) is 0 Å². The summed E-state index contributed by atoms with van der Waals surface area (Å²) < 4.78 is 6.43. The lowest BCUT2D eigenvalue weighted by Crippen LogP contribution is -2.44. The summed E-state index contributed by atoms with van der Waals surface area (Å²) in [5.74, 6) is 0.606. The normalized spacial score (nSPS) is 33.3. The Bertz CT molecular complexity index is 577. The SMILES string of the molecule is CC/C(C)=C/CCN1C[C@@H]2[C@H](CNC(=O)CNC(C)=O)[C@H]3CC[C@]2(C1)O3. The first-order chi connectivity index (χ1) is 12.4. The van der Waals surface area contributed by atoms with Crippen LogP contribution in [0.25, 0.3) is 0 Å². The Balaban J connectivity index is 1.51. The number of likely N-dealkylation sites (tertiary alicyclic amines) is 1. The topological polar surface area (TPSA) is 70.7 Å². The molecular weight excluding hydrogens is 330 g/mol. The second kappa shape index (κ2) is 8.09. The van der Waals surface area contributed by atoms with Crippen molar-refractivity contribution in [2.45, 2.75) is 58.2 Å². The summed E-state index contributed by atoms with van der Waals surface area (Å²) in [6.07, 6.45) is 7.11. The molecule has 6 heteroatoms. The van der Waals surface area contributed by atoms with Crippen molar-refractivity contribution in [1.29, 1.82) is 0 Å². The standard InChI is InChI=1S/C20H33N3O3/c1-4-14(2)6-5-9-23-12-17-16(10-22-19(25)11-21-15(3)24)18-7-8-20(17,13-23)26-18/h6,16-18H,4-5,7-13H2,1-3H3,(H,21,24)(H,22,25)/b14-6+/t16-,17+,18+,20+/m0/s1. The fourth-order valence-electron chi connectivity index (χ4n) is 4.87. The zero-order chi connectivity index (χ0) is 18.7. The Morgan fingerprint density at radius 3 is 2.85 bits per heavy atom. The predicted molar refractivity (Wildman–Crippen MR) is 101 cm³/mol. The van der Waals surface area contributed by atoms with Crippen LogP contribution in [-0.2, 0) is 14.3 Å². The van der Waals surface area contributed by atoms with Crippen molar-refractivity contribution in [2.75, 3.05) is 32.7 Å². The van der Waals surface area contributed by atoms with E-state index in [1.54, 1.807) is 0 Å². The number of hydrogen-bond acceptors (Lipinski definition) is 4. The molecular formula is C20H33N3O3. The van der Waals surface area contributed by atoms with Crippen LogP contribution in [0.1, 0.15) is 46.5 Å². The fraction of sp³-hybridized carbons (Fsp3) is 0.800. The highest BCUT2D eigenvalue weighted by Gasteiger charge is 2.62. The lowest BCUT2D eigenvalue weighted by atomic mass is 9.73. The van der Waals surface area contributed by atoms with Crippen molar-refractivity contribution in [3.05, 3.63) is 11.6 Å². The first-order valence-corrected chi connectivity index (χ1v) is 10.0. The number of nitrogens with one attached hydrogen (secondary N) is 2. The number of amides is 2. The molecule has 4 atom stereocenters. The zero-order valence-electron chi connectivity index (χ0n) is 16.3. The van der Waals surface area contributed by atoms with Gasteiger partial charge in [-0.15, -0.1) is 0 Å². The van der Waals surface area contributed by atoms with Crippen LogP contribution in [-0.4, -0.2) is 61.1 Å². The summed E-state index contributed by atoms with van der Waals surface area (Å²) in [6, 6.07) is 0. The highest BCUT2D eigenvalue weighted by molar-refractivity contribution is 5.83. The van der Waals surface area contributed by atoms with Gasteiger partial charge in [0.2, 0.25) is 11.8 Å². The smallest absolute Gasteiger partial charge is 0.239 e. The Kier molecular flexibility index (Phi) is 6.03. The maximum Gasteiger partial charge on any atom is 0.239 e. The predicted octanol–water partition coefficient (Wildman–Crippen LogP) is 1.46. The van der Waals surface area contributed by atoms with Crippen LogP contribution in [0.2, 0.25) is 0 Å². The van der Waals surface area contributed by atoms with E-state index in [0.717, 1.165) is 45.3 Å². The lowest BCUT2D eigenvalue weighted by Gasteiger charge is -2.29. The third-order valence-corrected chi connectivity index (χ3v) is 6.38.